The summed E-state index contributed by atoms with van der Waals surface area (Å²) in [6.45, 7) is 0. The van der Waals surface area contributed by atoms with Crippen LogP contribution >= 0.6 is 11.6 Å². The molecule has 2 N–H and O–H groups in total. The molecule has 5 rings (SSSR count). The van der Waals surface area contributed by atoms with Crippen LogP contribution in [-0.2, 0) is 14.8 Å². The number of carboxylic acids is 1. The lowest BCUT2D eigenvalue weighted by Gasteiger charge is -2.17. The summed E-state index contributed by atoms with van der Waals surface area (Å²) in [5, 5.41) is 10.7. The van der Waals surface area contributed by atoms with E-state index in [0.29, 0.717) is 22.1 Å². The molecule has 1 fully saturated rings. The number of hydrogen-bond donors (Lipinski definition) is 2. The van der Waals surface area contributed by atoms with Crippen molar-refractivity contribution in [1.82, 2.24) is 4.72 Å². The molecule has 6 nitrogen and oxygen atoms in total. The van der Waals surface area contributed by atoms with Gasteiger partial charge in [-0.05, 0) is 60.0 Å². The van der Waals surface area contributed by atoms with Gasteiger partial charge in [0.2, 0.25) is 10.0 Å². The third-order valence-electron chi connectivity index (χ3n) is 6.27. The normalized spacial score (nSPS) is 19.0. The Morgan fingerprint density at radius 3 is 2.08 bits per heavy atom. The average molecular weight is 520 g/mol. The van der Waals surface area contributed by atoms with Crippen molar-refractivity contribution < 1.29 is 23.1 Å². The van der Waals surface area contributed by atoms with Crippen molar-refractivity contribution in [3.8, 4) is 22.6 Å². The lowest BCUT2D eigenvalue weighted by Crippen LogP contribution is -2.44. The summed E-state index contributed by atoms with van der Waals surface area (Å²) in [4.78, 5) is 12.3. The first-order valence-corrected chi connectivity index (χ1v) is 13.1. The van der Waals surface area contributed by atoms with Gasteiger partial charge in [0.15, 0.2) is 0 Å². The van der Waals surface area contributed by atoms with Crippen LogP contribution in [0.3, 0.4) is 0 Å². The molecule has 0 heterocycles. The molecule has 1 saturated carbocycles. The first-order valence-electron chi connectivity index (χ1n) is 11.2. The number of hydrogen-bond acceptors (Lipinski definition) is 4. The van der Waals surface area contributed by atoms with Gasteiger partial charge in [-0.2, -0.15) is 4.72 Å². The number of carboxylic acid groups (broad SMARTS) is 1. The first-order chi connectivity index (χ1) is 17.3. The van der Waals surface area contributed by atoms with Crippen LogP contribution < -0.4 is 9.46 Å². The Labute approximate surface area is 214 Å². The molecule has 4 aromatic carbocycles. The molecule has 0 radical (unpaired) electrons. The van der Waals surface area contributed by atoms with Crippen molar-refractivity contribution in [1.29, 1.82) is 0 Å². The Bertz CT molecular complexity index is 1510. The summed E-state index contributed by atoms with van der Waals surface area (Å²) < 4.78 is 34.9. The van der Waals surface area contributed by atoms with Gasteiger partial charge < -0.3 is 9.84 Å². The van der Waals surface area contributed by atoms with E-state index in [1.807, 2.05) is 30.3 Å². The zero-order valence-electron chi connectivity index (χ0n) is 19.0. The Kier molecular flexibility index (Phi) is 6.30. The lowest BCUT2D eigenvalue weighted by molar-refractivity contribution is -0.140. The minimum Gasteiger partial charge on any atom is -0.480 e. The molecule has 0 spiro atoms. The van der Waals surface area contributed by atoms with Crippen LogP contribution in [0.25, 0.3) is 11.1 Å². The van der Waals surface area contributed by atoms with Gasteiger partial charge in [-0.3, -0.25) is 4.79 Å². The fourth-order valence-electron chi connectivity index (χ4n) is 4.28. The third-order valence-corrected chi connectivity index (χ3v) is 8.04. The van der Waals surface area contributed by atoms with Crippen LogP contribution in [0.1, 0.15) is 17.9 Å². The fraction of sp³-hybridized carbons (Fsp3) is 0.107. The minimum absolute atomic E-state index is 0.0136. The number of rotatable bonds is 8. The molecule has 1 aliphatic rings. The van der Waals surface area contributed by atoms with Crippen molar-refractivity contribution >= 4 is 27.6 Å². The fourth-order valence-corrected chi connectivity index (χ4v) is 5.81. The summed E-state index contributed by atoms with van der Waals surface area (Å²) in [6.07, 6.45) is 0.111. The van der Waals surface area contributed by atoms with E-state index in [1.54, 1.807) is 60.7 Å². The number of benzene rings is 4. The molecular weight excluding hydrogens is 498 g/mol. The van der Waals surface area contributed by atoms with Crippen LogP contribution in [0, 0.1) is 0 Å². The molecule has 0 amide bonds. The molecule has 182 valence electrons. The topological polar surface area (TPSA) is 92.7 Å². The quantitative estimate of drug-likeness (QED) is 0.294. The molecule has 8 heteroatoms. The van der Waals surface area contributed by atoms with Gasteiger partial charge in [-0.15, -0.1) is 0 Å². The molecule has 0 bridgehead atoms. The number of carbonyl (C=O) groups is 1. The number of ether oxygens (including phenoxy) is 1. The molecule has 2 atom stereocenters. The zero-order valence-corrected chi connectivity index (χ0v) is 20.5. The zero-order chi connectivity index (χ0) is 25.3. The molecule has 36 heavy (non-hydrogen) atoms. The van der Waals surface area contributed by atoms with Crippen LogP contribution in [0.15, 0.2) is 108 Å². The Balaban J connectivity index is 1.39. The number of nitrogens with one attached hydrogen (secondary N) is 1. The average Bonchev–Trinajstić information content (AvgIpc) is 3.60. The second-order valence-corrected chi connectivity index (χ2v) is 10.7. The molecular formula is C28H22ClNO5S. The van der Waals surface area contributed by atoms with E-state index in [0.717, 1.165) is 11.1 Å². The van der Waals surface area contributed by atoms with Gasteiger partial charge in [0.1, 0.15) is 17.0 Å². The van der Waals surface area contributed by atoms with E-state index in [4.69, 9.17) is 16.3 Å². The molecule has 4 aromatic rings. The van der Waals surface area contributed by atoms with Crippen LogP contribution in [-0.4, -0.2) is 25.0 Å². The van der Waals surface area contributed by atoms with E-state index in [-0.39, 0.29) is 11.3 Å². The van der Waals surface area contributed by atoms with Gasteiger partial charge in [0, 0.05) is 16.5 Å². The Morgan fingerprint density at radius 1 is 0.861 bits per heavy atom. The van der Waals surface area contributed by atoms with E-state index >= 15 is 0 Å². The molecule has 1 aliphatic carbocycles. The second-order valence-electron chi connectivity index (χ2n) is 8.62. The van der Waals surface area contributed by atoms with Crippen LogP contribution in [0.5, 0.6) is 11.5 Å². The Morgan fingerprint density at radius 2 is 1.44 bits per heavy atom. The molecule has 0 aromatic heterocycles. The standard InChI is InChI=1S/C28H22ClNO5S/c29-21-14-10-19(11-15-21)20-12-16-23(17-13-20)36(33,34)30-28(27(31)32)18-25(28)24-8-4-5-9-26(24)35-22-6-2-1-3-7-22/h1-17,25,30H,18H2,(H,31,32). The lowest BCUT2D eigenvalue weighted by atomic mass is 10.1. The highest BCUT2D eigenvalue weighted by atomic mass is 35.5. The number of para-hydroxylation sites is 2. The van der Waals surface area contributed by atoms with Crippen LogP contribution in [0.2, 0.25) is 5.02 Å². The summed E-state index contributed by atoms with van der Waals surface area (Å²) >= 11 is 5.94. The number of halogens is 1. The monoisotopic (exact) mass is 519 g/mol. The highest BCUT2D eigenvalue weighted by Gasteiger charge is 2.64. The van der Waals surface area contributed by atoms with Crippen molar-refractivity contribution in [2.75, 3.05) is 0 Å². The number of aliphatic carboxylic acids is 1. The van der Waals surface area contributed by atoms with Crippen molar-refractivity contribution in [2.24, 2.45) is 0 Å². The molecule has 0 aliphatic heterocycles. The highest BCUT2D eigenvalue weighted by molar-refractivity contribution is 7.89. The summed E-state index contributed by atoms with van der Waals surface area (Å²) in [5.74, 6) is -0.724. The van der Waals surface area contributed by atoms with E-state index in [1.165, 1.54) is 12.1 Å². The summed E-state index contributed by atoms with van der Waals surface area (Å²) in [6, 6.07) is 29.7. The largest absolute Gasteiger partial charge is 0.480 e. The van der Waals surface area contributed by atoms with Gasteiger partial charge in [0.25, 0.3) is 0 Å². The van der Waals surface area contributed by atoms with Gasteiger partial charge in [-0.1, -0.05) is 72.3 Å². The second kappa shape index (κ2) is 9.43. The van der Waals surface area contributed by atoms with E-state index in [2.05, 4.69) is 4.72 Å². The number of sulfonamides is 1. The van der Waals surface area contributed by atoms with E-state index in [9.17, 15) is 18.3 Å². The van der Waals surface area contributed by atoms with Crippen molar-refractivity contribution in [2.45, 2.75) is 22.8 Å². The predicted octanol–water partition coefficient (Wildman–Crippen LogP) is 6.09. The molecule has 0 saturated heterocycles. The van der Waals surface area contributed by atoms with Gasteiger partial charge >= 0.3 is 5.97 Å². The predicted molar refractivity (Wildman–Crippen MR) is 138 cm³/mol. The maximum Gasteiger partial charge on any atom is 0.325 e. The van der Waals surface area contributed by atoms with Crippen LogP contribution in [0.4, 0.5) is 0 Å². The summed E-state index contributed by atoms with van der Waals surface area (Å²) in [7, 11) is -4.11. The summed E-state index contributed by atoms with van der Waals surface area (Å²) in [5.41, 5.74) is 0.666. The maximum absolute atomic E-state index is 13.2. The van der Waals surface area contributed by atoms with E-state index < -0.39 is 27.4 Å². The third kappa shape index (κ3) is 4.73. The van der Waals surface area contributed by atoms with Crippen molar-refractivity contribution in [3.63, 3.8) is 0 Å². The highest BCUT2D eigenvalue weighted by Crippen LogP contribution is 2.55. The maximum atomic E-state index is 13.2. The first kappa shape index (κ1) is 24.1. The SMILES string of the molecule is O=C(O)C1(NS(=O)(=O)c2ccc(-c3ccc(Cl)cc3)cc2)CC1c1ccccc1Oc1ccccc1. The Hall–Kier alpha value is -3.65. The minimum atomic E-state index is -4.11. The van der Waals surface area contributed by atoms with Gasteiger partial charge in [-0.25, -0.2) is 8.42 Å². The van der Waals surface area contributed by atoms with Gasteiger partial charge in [0.05, 0.1) is 4.90 Å². The smallest absolute Gasteiger partial charge is 0.325 e. The van der Waals surface area contributed by atoms with Crippen molar-refractivity contribution in [3.05, 3.63) is 114 Å². The molecule has 2 unspecified atom stereocenters.